The van der Waals surface area contributed by atoms with E-state index in [0.29, 0.717) is 5.56 Å². The molecular weight excluding hydrogens is 377 g/mol. The summed E-state index contributed by atoms with van der Waals surface area (Å²) in [5.41, 5.74) is -0.546. The third-order valence-electron chi connectivity index (χ3n) is 5.25. The van der Waals surface area contributed by atoms with Gasteiger partial charge in [-0.25, -0.2) is 4.39 Å². The molecule has 1 aliphatic heterocycles. The summed E-state index contributed by atoms with van der Waals surface area (Å²) in [5, 5.41) is 11.3. The lowest BCUT2D eigenvalue weighted by Crippen LogP contribution is -2.64. The minimum Gasteiger partial charge on any atom is -0.326 e. The lowest BCUT2D eigenvalue weighted by molar-refractivity contribution is -0.385. The molecule has 7 nitrogen and oxygen atoms in total. The lowest BCUT2D eigenvalue weighted by atomic mass is 9.87. The van der Waals surface area contributed by atoms with Gasteiger partial charge in [-0.1, -0.05) is 24.3 Å². The van der Waals surface area contributed by atoms with Gasteiger partial charge in [-0.3, -0.25) is 19.7 Å². The van der Waals surface area contributed by atoms with Crippen molar-refractivity contribution in [2.45, 2.75) is 18.9 Å². The Morgan fingerprint density at radius 2 is 1.83 bits per heavy atom. The molecule has 0 saturated carbocycles. The highest BCUT2D eigenvalue weighted by molar-refractivity contribution is 6.09. The molecule has 1 fully saturated rings. The van der Waals surface area contributed by atoms with Gasteiger partial charge in [-0.2, -0.15) is 0 Å². The first-order valence-corrected chi connectivity index (χ1v) is 8.91. The number of hydrogen-bond acceptors (Lipinski definition) is 4. The first-order valence-electron chi connectivity index (χ1n) is 8.91. The molecular formula is C21H20FN3O4. The molecule has 0 spiro atoms. The zero-order chi connectivity index (χ0) is 21.3. The van der Waals surface area contributed by atoms with Crippen molar-refractivity contribution in [3.8, 4) is 0 Å². The molecule has 2 aromatic carbocycles. The average molecular weight is 397 g/mol. The monoisotopic (exact) mass is 397 g/mol. The summed E-state index contributed by atoms with van der Waals surface area (Å²) in [5.74, 6) is -1.24. The van der Waals surface area contributed by atoms with Crippen LogP contribution in [0, 0.1) is 15.9 Å². The van der Waals surface area contributed by atoms with Gasteiger partial charge in [0.15, 0.2) is 0 Å². The maximum atomic E-state index is 13.6. The van der Waals surface area contributed by atoms with Crippen LogP contribution >= 0.6 is 0 Å². The molecule has 1 saturated heterocycles. The van der Waals surface area contributed by atoms with Crippen LogP contribution in [0.25, 0.3) is 6.08 Å². The van der Waals surface area contributed by atoms with Crippen LogP contribution in [0.4, 0.5) is 10.1 Å². The van der Waals surface area contributed by atoms with Gasteiger partial charge in [0.2, 0.25) is 0 Å². The summed E-state index contributed by atoms with van der Waals surface area (Å²) in [6.07, 6.45) is 1.48. The first-order chi connectivity index (χ1) is 13.6. The van der Waals surface area contributed by atoms with Gasteiger partial charge in [-0.15, -0.1) is 0 Å². The van der Waals surface area contributed by atoms with Gasteiger partial charge in [-0.05, 0) is 36.8 Å². The van der Waals surface area contributed by atoms with Crippen LogP contribution < -0.4 is 0 Å². The van der Waals surface area contributed by atoms with E-state index in [1.54, 1.807) is 25.1 Å². The Morgan fingerprint density at radius 3 is 2.48 bits per heavy atom. The van der Waals surface area contributed by atoms with Crippen LogP contribution in [0.15, 0.2) is 54.2 Å². The minimum atomic E-state index is -1.22. The quantitative estimate of drug-likeness (QED) is 0.451. The predicted molar refractivity (Wildman–Crippen MR) is 105 cm³/mol. The first kappa shape index (κ1) is 20.2. The molecule has 0 aromatic heterocycles. The molecule has 1 aliphatic rings. The number of nitro benzene ring substituents is 1. The number of hydrogen-bond donors (Lipinski definition) is 0. The van der Waals surface area contributed by atoms with Crippen LogP contribution in [0.2, 0.25) is 0 Å². The number of rotatable bonds is 4. The SMILES string of the molecule is CN1C(=O)C(C)(Cc2cccc(F)c2)N(C)C(=O)C1=Cc1ccccc1[N+](=O)[O-]. The summed E-state index contributed by atoms with van der Waals surface area (Å²) in [7, 11) is 2.96. The van der Waals surface area contributed by atoms with E-state index in [9.17, 15) is 24.1 Å². The standard InChI is InChI=1S/C21H20FN3O4/c1-21(13-14-7-6-9-16(22)11-14)20(27)23(2)18(19(26)24(21)3)12-15-8-4-5-10-17(15)25(28)29/h4-12H,13H2,1-3H3. The smallest absolute Gasteiger partial charge is 0.276 e. The summed E-state index contributed by atoms with van der Waals surface area (Å²) < 4.78 is 13.6. The predicted octanol–water partition coefficient (Wildman–Crippen LogP) is 3.01. The molecule has 2 aromatic rings. The number of carbonyl (C=O) groups is 2. The van der Waals surface area contributed by atoms with Gasteiger partial charge in [0.1, 0.15) is 17.1 Å². The molecule has 0 aliphatic carbocycles. The van der Waals surface area contributed by atoms with Gasteiger partial charge in [0, 0.05) is 26.6 Å². The van der Waals surface area contributed by atoms with E-state index in [2.05, 4.69) is 0 Å². The molecule has 0 radical (unpaired) electrons. The topological polar surface area (TPSA) is 83.8 Å². The Balaban J connectivity index is 2.00. The zero-order valence-corrected chi connectivity index (χ0v) is 16.3. The highest BCUT2D eigenvalue weighted by atomic mass is 19.1. The van der Waals surface area contributed by atoms with Crippen LogP contribution in [0.3, 0.4) is 0 Å². The maximum Gasteiger partial charge on any atom is 0.276 e. The zero-order valence-electron chi connectivity index (χ0n) is 16.3. The van der Waals surface area contributed by atoms with Crippen LogP contribution in [0.5, 0.6) is 0 Å². The van der Waals surface area contributed by atoms with E-state index in [1.807, 2.05) is 0 Å². The molecule has 3 rings (SSSR count). The molecule has 150 valence electrons. The molecule has 1 unspecified atom stereocenters. The van der Waals surface area contributed by atoms with E-state index in [0.717, 1.165) is 0 Å². The number of halogens is 1. The highest BCUT2D eigenvalue weighted by Crippen LogP contribution is 2.32. The van der Waals surface area contributed by atoms with Crippen LogP contribution in [0.1, 0.15) is 18.1 Å². The summed E-state index contributed by atoms with van der Waals surface area (Å²) in [6, 6.07) is 11.9. The molecule has 2 amide bonds. The van der Waals surface area contributed by atoms with Crippen molar-refractivity contribution in [3.63, 3.8) is 0 Å². The minimum absolute atomic E-state index is 0.0310. The van der Waals surface area contributed by atoms with Crippen molar-refractivity contribution in [3.05, 3.63) is 81.3 Å². The fourth-order valence-electron chi connectivity index (χ4n) is 3.47. The van der Waals surface area contributed by atoms with Crippen LogP contribution in [-0.4, -0.2) is 46.2 Å². The van der Waals surface area contributed by atoms with E-state index >= 15 is 0 Å². The fraction of sp³-hybridized carbons (Fsp3) is 0.238. The molecule has 1 heterocycles. The largest absolute Gasteiger partial charge is 0.326 e. The van der Waals surface area contributed by atoms with Gasteiger partial charge >= 0.3 is 0 Å². The van der Waals surface area contributed by atoms with E-state index < -0.39 is 22.2 Å². The van der Waals surface area contributed by atoms with Crippen molar-refractivity contribution in [2.75, 3.05) is 14.1 Å². The molecule has 29 heavy (non-hydrogen) atoms. The van der Waals surface area contributed by atoms with Crippen molar-refractivity contribution in [1.82, 2.24) is 9.80 Å². The third-order valence-corrected chi connectivity index (χ3v) is 5.25. The number of carbonyl (C=O) groups excluding carboxylic acids is 2. The summed E-state index contributed by atoms with van der Waals surface area (Å²) in [6.45, 7) is 1.62. The van der Waals surface area contributed by atoms with Crippen molar-refractivity contribution in [1.29, 1.82) is 0 Å². The molecule has 8 heteroatoms. The van der Waals surface area contributed by atoms with E-state index in [-0.39, 0.29) is 29.3 Å². The maximum absolute atomic E-state index is 13.6. The number of amides is 2. The molecule has 0 N–H and O–H groups in total. The fourth-order valence-corrected chi connectivity index (χ4v) is 3.47. The number of likely N-dealkylation sites (N-methyl/N-ethyl adjacent to an activating group) is 2. The molecule has 1 atom stereocenters. The second-order valence-corrected chi connectivity index (χ2v) is 7.15. The van der Waals surface area contributed by atoms with Gasteiger partial charge < -0.3 is 9.80 Å². The molecule has 0 bridgehead atoms. The Labute approximate surface area is 167 Å². The third kappa shape index (κ3) is 3.61. The average Bonchev–Trinajstić information content (AvgIpc) is 2.69. The summed E-state index contributed by atoms with van der Waals surface area (Å²) in [4.78, 5) is 39.5. The normalized spacial score (nSPS) is 21.0. The number of para-hydroxylation sites is 1. The Bertz CT molecular complexity index is 1040. The van der Waals surface area contributed by atoms with Crippen molar-refractivity contribution >= 4 is 23.6 Å². The Kier molecular flexibility index (Phi) is 5.19. The van der Waals surface area contributed by atoms with E-state index in [1.165, 1.54) is 60.3 Å². The Hall–Kier alpha value is -3.55. The van der Waals surface area contributed by atoms with Crippen LogP contribution in [-0.2, 0) is 16.0 Å². The number of piperazine rings is 1. The highest BCUT2D eigenvalue weighted by Gasteiger charge is 2.48. The second-order valence-electron chi connectivity index (χ2n) is 7.15. The van der Waals surface area contributed by atoms with Gasteiger partial charge in [0.25, 0.3) is 17.5 Å². The number of nitro groups is 1. The Morgan fingerprint density at radius 1 is 1.14 bits per heavy atom. The lowest BCUT2D eigenvalue weighted by Gasteiger charge is -2.45. The number of nitrogens with zero attached hydrogens (tertiary/aromatic N) is 3. The summed E-state index contributed by atoms with van der Waals surface area (Å²) >= 11 is 0. The van der Waals surface area contributed by atoms with Crippen molar-refractivity contribution < 1.29 is 18.9 Å². The second kappa shape index (κ2) is 7.46. The van der Waals surface area contributed by atoms with Crippen molar-refractivity contribution in [2.24, 2.45) is 0 Å². The van der Waals surface area contributed by atoms with Gasteiger partial charge in [0.05, 0.1) is 10.5 Å². The number of benzene rings is 2. The van der Waals surface area contributed by atoms with E-state index in [4.69, 9.17) is 0 Å².